The van der Waals surface area contributed by atoms with Gasteiger partial charge in [-0.15, -0.1) is 0 Å². The maximum atomic E-state index is 9.26. The van der Waals surface area contributed by atoms with Crippen LogP contribution in [0, 0.1) is 24.2 Å². The molecular formula is C22H24N4. The molecule has 1 aromatic heterocycles. The van der Waals surface area contributed by atoms with Crippen molar-refractivity contribution in [2.45, 2.75) is 37.8 Å². The van der Waals surface area contributed by atoms with Crippen LogP contribution in [0.2, 0.25) is 0 Å². The van der Waals surface area contributed by atoms with Crippen molar-refractivity contribution in [3.05, 3.63) is 59.3 Å². The monoisotopic (exact) mass is 344 g/mol. The molecule has 132 valence electrons. The number of piperidine rings is 3. The number of nitriles is 1. The van der Waals surface area contributed by atoms with Gasteiger partial charge in [0.05, 0.1) is 0 Å². The molecule has 6 rings (SSSR count). The molecule has 2 bridgehead atoms. The minimum atomic E-state index is 0.510. The number of anilines is 1. The lowest BCUT2D eigenvalue weighted by atomic mass is 9.75. The van der Waals surface area contributed by atoms with E-state index in [9.17, 15) is 5.26 Å². The van der Waals surface area contributed by atoms with Crippen molar-refractivity contribution in [3.8, 4) is 6.07 Å². The van der Waals surface area contributed by atoms with Crippen LogP contribution in [0.25, 0.3) is 0 Å². The fraction of sp³-hybridized carbons (Fsp3) is 0.455. The Balaban J connectivity index is 1.56. The molecule has 4 nitrogen and oxygen atoms in total. The second-order valence-corrected chi connectivity index (χ2v) is 8.02. The molecule has 1 aromatic carbocycles. The molecule has 0 aliphatic carbocycles. The summed E-state index contributed by atoms with van der Waals surface area (Å²) in [6.45, 7) is 5.60. The van der Waals surface area contributed by atoms with Crippen LogP contribution in [0.3, 0.4) is 0 Å². The lowest BCUT2D eigenvalue weighted by molar-refractivity contribution is 0.0354. The summed E-state index contributed by atoms with van der Waals surface area (Å²) in [5.41, 5.74) is 3.27. The second kappa shape index (κ2) is 6.10. The van der Waals surface area contributed by atoms with Crippen molar-refractivity contribution in [2.24, 2.45) is 5.92 Å². The first-order chi connectivity index (χ1) is 12.7. The van der Waals surface area contributed by atoms with E-state index in [1.54, 1.807) is 6.07 Å². The summed E-state index contributed by atoms with van der Waals surface area (Å²) in [6, 6.07) is 18.2. The molecule has 4 aliphatic heterocycles. The zero-order valence-electron chi connectivity index (χ0n) is 15.2. The lowest BCUT2D eigenvalue weighted by Crippen LogP contribution is -2.60. The van der Waals surface area contributed by atoms with E-state index in [-0.39, 0.29) is 0 Å². The van der Waals surface area contributed by atoms with E-state index >= 15 is 0 Å². The van der Waals surface area contributed by atoms with Crippen molar-refractivity contribution in [1.82, 2.24) is 9.88 Å². The molecule has 4 aliphatic rings. The highest BCUT2D eigenvalue weighted by molar-refractivity contribution is 5.48. The largest absolute Gasteiger partial charge is 0.351 e. The van der Waals surface area contributed by atoms with Crippen LogP contribution in [-0.4, -0.2) is 41.6 Å². The summed E-state index contributed by atoms with van der Waals surface area (Å²) < 4.78 is 0. The van der Waals surface area contributed by atoms with Crippen molar-refractivity contribution in [1.29, 1.82) is 5.26 Å². The predicted octanol–water partition coefficient (Wildman–Crippen LogP) is 3.33. The Hall–Kier alpha value is -2.38. The molecule has 5 heterocycles. The highest BCUT2D eigenvalue weighted by Gasteiger charge is 2.53. The Morgan fingerprint density at radius 2 is 1.81 bits per heavy atom. The first kappa shape index (κ1) is 15.8. The molecule has 26 heavy (non-hydrogen) atoms. The van der Waals surface area contributed by atoms with Gasteiger partial charge < -0.3 is 4.90 Å². The molecule has 3 atom stereocenters. The quantitative estimate of drug-likeness (QED) is 0.838. The molecule has 4 saturated heterocycles. The van der Waals surface area contributed by atoms with Crippen LogP contribution >= 0.6 is 0 Å². The molecule has 0 radical (unpaired) electrons. The molecule has 0 unspecified atom stereocenters. The van der Waals surface area contributed by atoms with Gasteiger partial charge in [-0.25, -0.2) is 4.98 Å². The van der Waals surface area contributed by atoms with Crippen molar-refractivity contribution >= 4 is 5.82 Å². The van der Waals surface area contributed by atoms with Gasteiger partial charge in [-0.05, 0) is 56.5 Å². The van der Waals surface area contributed by atoms with Gasteiger partial charge in [0, 0.05) is 24.5 Å². The van der Waals surface area contributed by atoms with Gasteiger partial charge in [0.2, 0.25) is 0 Å². The third kappa shape index (κ3) is 2.42. The van der Waals surface area contributed by atoms with Crippen molar-refractivity contribution in [2.75, 3.05) is 24.5 Å². The van der Waals surface area contributed by atoms with Crippen LogP contribution in [0.5, 0.6) is 0 Å². The average Bonchev–Trinajstić information content (AvgIpc) is 3.12. The Morgan fingerprint density at radius 3 is 2.54 bits per heavy atom. The number of pyridine rings is 1. The number of benzene rings is 1. The maximum absolute atomic E-state index is 9.26. The molecule has 4 heteroatoms. The summed E-state index contributed by atoms with van der Waals surface area (Å²) in [5, 5.41) is 9.26. The summed E-state index contributed by atoms with van der Waals surface area (Å²) in [7, 11) is 0. The third-order valence-corrected chi connectivity index (χ3v) is 6.64. The SMILES string of the molecule is Cc1ccc([C@@H]2CN(c3cccc(C#N)n3)[C@H]3C4CCN(CC4)[C@@H]23)cc1. The van der Waals surface area contributed by atoms with Gasteiger partial charge in [-0.1, -0.05) is 35.9 Å². The Bertz CT molecular complexity index is 845. The molecule has 0 saturated carbocycles. The topological polar surface area (TPSA) is 43.2 Å². The van der Waals surface area contributed by atoms with Gasteiger partial charge in [0.1, 0.15) is 17.6 Å². The highest BCUT2D eigenvalue weighted by Crippen LogP contribution is 2.47. The Kier molecular flexibility index (Phi) is 3.72. The summed E-state index contributed by atoms with van der Waals surface area (Å²) in [5.74, 6) is 2.23. The van der Waals surface area contributed by atoms with E-state index in [1.165, 1.54) is 37.1 Å². The average molecular weight is 344 g/mol. The standard InChI is InChI=1S/C22H24N4/c1-15-5-7-16(8-6-15)19-14-26(20-4-2-3-18(13-23)24-20)21-17-9-11-25(12-10-17)22(19)21/h2-8,17,19,21-22H,9-12,14H2,1H3/t19-,21-,22-/m0/s1. The van der Waals surface area contributed by atoms with Gasteiger partial charge >= 0.3 is 0 Å². The van der Waals surface area contributed by atoms with E-state index in [0.717, 1.165) is 18.3 Å². The van der Waals surface area contributed by atoms with E-state index in [1.807, 2.05) is 6.07 Å². The van der Waals surface area contributed by atoms with Gasteiger partial charge in [-0.2, -0.15) is 5.26 Å². The number of hydrogen-bond donors (Lipinski definition) is 0. The first-order valence-corrected chi connectivity index (χ1v) is 9.69. The predicted molar refractivity (Wildman–Crippen MR) is 102 cm³/mol. The summed E-state index contributed by atoms with van der Waals surface area (Å²) in [4.78, 5) is 9.85. The van der Waals surface area contributed by atoms with Crippen LogP contribution in [0.1, 0.15) is 35.6 Å². The van der Waals surface area contributed by atoms with E-state index in [2.05, 4.69) is 58.1 Å². The number of rotatable bonds is 2. The minimum Gasteiger partial charge on any atom is -0.351 e. The smallest absolute Gasteiger partial charge is 0.142 e. The fourth-order valence-electron chi connectivity index (χ4n) is 5.43. The summed E-state index contributed by atoms with van der Waals surface area (Å²) in [6.07, 6.45) is 2.58. The molecular weight excluding hydrogens is 320 g/mol. The van der Waals surface area contributed by atoms with Gasteiger partial charge in [-0.3, -0.25) is 4.90 Å². The van der Waals surface area contributed by atoms with Crippen LogP contribution in [0.4, 0.5) is 5.82 Å². The minimum absolute atomic E-state index is 0.510. The molecule has 0 amide bonds. The lowest BCUT2D eigenvalue weighted by Gasteiger charge is -2.51. The van der Waals surface area contributed by atoms with Crippen LogP contribution in [-0.2, 0) is 0 Å². The molecule has 2 aromatic rings. The van der Waals surface area contributed by atoms with Crippen LogP contribution < -0.4 is 4.90 Å². The highest BCUT2D eigenvalue weighted by atomic mass is 15.3. The maximum Gasteiger partial charge on any atom is 0.142 e. The molecule has 4 fully saturated rings. The van der Waals surface area contributed by atoms with Crippen molar-refractivity contribution < 1.29 is 0 Å². The molecule has 0 N–H and O–H groups in total. The second-order valence-electron chi connectivity index (χ2n) is 8.02. The van der Waals surface area contributed by atoms with Gasteiger partial charge in [0.25, 0.3) is 0 Å². The summed E-state index contributed by atoms with van der Waals surface area (Å²) >= 11 is 0. The van der Waals surface area contributed by atoms with Crippen molar-refractivity contribution in [3.63, 3.8) is 0 Å². The number of aryl methyl sites for hydroxylation is 1. The third-order valence-electron chi connectivity index (χ3n) is 6.64. The first-order valence-electron chi connectivity index (χ1n) is 9.69. The number of fused-ring (bicyclic) bond motifs is 2. The zero-order valence-corrected chi connectivity index (χ0v) is 15.2. The normalized spacial score (nSPS) is 32.3. The van der Waals surface area contributed by atoms with Gasteiger partial charge in [0.15, 0.2) is 0 Å². The fourth-order valence-corrected chi connectivity index (χ4v) is 5.43. The molecule has 0 spiro atoms. The Morgan fingerprint density at radius 1 is 1.04 bits per heavy atom. The van der Waals surface area contributed by atoms with E-state index in [4.69, 9.17) is 0 Å². The number of aromatic nitrogens is 1. The number of hydrogen-bond acceptors (Lipinski definition) is 4. The van der Waals surface area contributed by atoms with E-state index in [0.29, 0.717) is 23.7 Å². The zero-order chi connectivity index (χ0) is 17.7. The van der Waals surface area contributed by atoms with Crippen LogP contribution in [0.15, 0.2) is 42.5 Å². The van der Waals surface area contributed by atoms with E-state index < -0.39 is 0 Å². The number of nitrogens with zero attached hydrogens (tertiary/aromatic N) is 4. The Labute approximate surface area is 155 Å².